The maximum absolute atomic E-state index is 12.1. The summed E-state index contributed by atoms with van der Waals surface area (Å²) < 4.78 is 0.768. The average Bonchev–Trinajstić information content (AvgIpc) is 2.88. The summed E-state index contributed by atoms with van der Waals surface area (Å²) in [5.41, 5.74) is 6.61. The maximum Gasteiger partial charge on any atom is 0.272 e. The second-order valence-electron chi connectivity index (χ2n) is 4.64. The molecule has 0 aliphatic heterocycles. The average molecular weight is 329 g/mol. The van der Waals surface area contributed by atoms with E-state index in [1.807, 2.05) is 36.4 Å². The monoisotopic (exact) mass is 328 g/mol. The number of aryl methyl sites for hydroxylation is 1. The first-order valence-corrected chi connectivity index (χ1v) is 7.25. The molecule has 0 saturated heterocycles. The Kier molecular flexibility index (Phi) is 3.65. The highest BCUT2D eigenvalue weighted by Gasteiger charge is 2.17. The molecule has 3 rings (SSSR count). The van der Waals surface area contributed by atoms with Gasteiger partial charge in [0.2, 0.25) is 0 Å². The van der Waals surface area contributed by atoms with Crippen molar-refractivity contribution in [2.75, 3.05) is 0 Å². The zero-order valence-electron chi connectivity index (χ0n) is 10.8. The largest absolute Gasteiger partial charge is 0.272 e. The highest BCUT2D eigenvalue weighted by atomic mass is 79.9. The third kappa shape index (κ3) is 2.51. The van der Waals surface area contributed by atoms with Crippen LogP contribution in [0.25, 0.3) is 0 Å². The summed E-state index contributed by atoms with van der Waals surface area (Å²) in [7, 11) is 0. The van der Waals surface area contributed by atoms with Crippen molar-refractivity contribution in [3.63, 3.8) is 0 Å². The van der Waals surface area contributed by atoms with Crippen molar-refractivity contribution in [1.29, 1.82) is 0 Å². The number of nitrogens with one attached hydrogen (secondary N) is 1. The Morgan fingerprint density at radius 1 is 1.05 bits per heavy atom. The molecule has 0 spiro atoms. The first-order valence-electron chi connectivity index (χ1n) is 6.45. The Hall–Kier alpha value is -1.94. The van der Waals surface area contributed by atoms with Gasteiger partial charge in [0.05, 0.1) is 11.3 Å². The van der Waals surface area contributed by atoms with Gasteiger partial charge in [0.1, 0.15) is 0 Å². The third-order valence-corrected chi connectivity index (χ3v) is 4.06. The molecule has 2 aromatic carbocycles. The minimum atomic E-state index is -0.200. The summed E-state index contributed by atoms with van der Waals surface area (Å²) in [6, 6.07) is 15.5. The molecule has 0 atom stereocenters. The van der Waals surface area contributed by atoms with Gasteiger partial charge in [-0.05, 0) is 46.5 Å². The molecule has 0 saturated carbocycles. The van der Waals surface area contributed by atoms with Crippen LogP contribution in [0, 0.1) is 0 Å². The SMILES string of the molecule is O=C(N/N=C1\CCc2ccccc21)c1ccccc1Br. The van der Waals surface area contributed by atoms with Gasteiger partial charge in [-0.25, -0.2) is 5.43 Å². The van der Waals surface area contributed by atoms with Crippen LogP contribution in [-0.2, 0) is 6.42 Å². The number of hydrogen-bond donors (Lipinski definition) is 1. The van der Waals surface area contributed by atoms with Crippen LogP contribution in [0.4, 0.5) is 0 Å². The molecule has 0 aromatic heterocycles. The van der Waals surface area contributed by atoms with Crippen LogP contribution < -0.4 is 5.43 Å². The lowest BCUT2D eigenvalue weighted by molar-refractivity contribution is 0.0954. The highest BCUT2D eigenvalue weighted by Crippen LogP contribution is 2.22. The van der Waals surface area contributed by atoms with E-state index >= 15 is 0 Å². The topological polar surface area (TPSA) is 41.5 Å². The summed E-state index contributed by atoms with van der Waals surface area (Å²) in [6.07, 6.45) is 1.86. The molecule has 2 aromatic rings. The normalized spacial score (nSPS) is 15.2. The third-order valence-electron chi connectivity index (χ3n) is 3.37. The van der Waals surface area contributed by atoms with Gasteiger partial charge in [-0.3, -0.25) is 4.79 Å². The number of carbonyl (C=O) groups excluding carboxylic acids is 1. The van der Waals surface area contributed by atoms with Crippen molar-refractivity contribution in [3.8, 4) is 0 Å². The molecular formula is C16H13BrN2O. The van der Waals surface area contributed by atoms with Crippen molar-refractivity contribution >= 4 is 27.5 Å². The van der Waals surface area contributed by atoms with Crippen LogP contribution in [0.15, 0.2) is 58.1 Å². The van der Waals surface area contributed by atoms with Crippen molar-refractivity contribution in [2.24, 2.45) is 5.10 Å². The number of halogens is 1. The van der Waals surface area contributed by atoms with E-state index in [0.29, 0.717) is 5.56 Å². The zero-order chi connectivity index (χ0) is 13.9. The lowest BCUT2D eigenvalue weighted by Crippen LogP contribution is -2.19. The molecule has 1 aliphatic rings. The first kappa shape index (κ1) is 13.1. The second-order valence-corrected chi connectivity index (χ2v) is 5.49. The van der Waals surface area contributed by atoms with E-state index in [4.69, 9.17) is 0 Å². The minimum Gasteiger partial charge on any atom is -0.267 e. The summed E-state index contributed by atoms with van der Waals surface area (Å²) >= 11 is 3.37. The molecule has 3 nitrogen and oxygen atoms in total. The van der Waals surface area contributed by atoms with Crippen molar-refractivity contribution < 1.29 is 4.79 Å². The molecule has 20 heavy (non-hydrogen) atoms. The second kappa shape index (κ2) is 5.59. The molecule has 1 amide bonds. The summed E-state index contributed by atoms with van der Waals surface area (Å²) in [5.74, 6) is -0.200. The lowest BCUT2D eigenvalue weighted by atomic mass is 10.1. The summed E-state index contributed by atoms with van der Waals surface area (Å²) in [5, 5.41) is 4.28. The van der Waals surface area contributed by atoms with E-state index < -0.39 is 0 Å². The van der Waals surface area contributed by atoms with Gasteiger partial charge >= 0.3 is 0 Å². The molecule has 4 heteroatoms. The zero-order valence-corrected chi connectivity index (χ0v) is 12.4. The molecule has 0 unspecified atom stereocenters. The predicted octanol–water partition coefficient (Wildman–Crippen LogP) is 3.53. The van der Waals surface area contributed by atoms with Crippen LogP contribution in [-0.4, -0.2) is 11.6 Å². The van der Waals surface area contributed by atoms with Crippen LogP contribution in [0.1, 0.15) is 27.9 Å². The maximum atomic E-state index is 12.1. The Morgan fingerprint density at radius 3 is 2.65 bits per heavy atom. The smallest absolute Gasteiger partial charge is 0.267 e. The lowest BCUT2D eigenvalue weighted by Gasteiger charge is -2.04. The number of carbonyl (C=O) groups is 1. The van der Waals surface area contributed by atoms with Gasteiger partial charge in [0.25, 0.3) is 5.91 Å². The molecular weight excluding hydrogens is 316 g/mol. The molecule has 100 valence electrons. The van der Waals surface area contributed by atoms with Gasteiger partial charge < -0.3 is 0 Å². The number of rotatable bonds is 2. The van der Waals surface area contributed by atoms with Gasteiger partial charge in [0, 0.05) is 10.0 Å². The van der Waals surface area contributed by atoms with E-state index in [1.54, 1.807) is 6.07 Å². The molecule has 0 fully saturated rings. The summed E-state index contributed by atoms with van der Waals surface area (Å²) in [6.45, 7) is 0. The van der Waals surface area contributed by atoms with Gasteiger partial charge in [-0.15, -0.1) is 0 Å². The number of benzene rings is 2. The van der Waals surface area contributed by atoms with E-state index in [1.165, 1.54) is 5.56 Å². The fourth-order valence-corrected chi connectivity index (χ4v) is 2.81. The Labute approximate surface area is 125 Å². The Morgan fingerprint density at radius 2 is 1.80 bits per heavy atom. The minimum absolute atomic E-state index is 0.200. The van der Waals surface area contributed by atoms with Gasteiger partial charge in [-0.1, -0.05) is 36.4 Å². The van der Waals surface area contributed by atoms with E-state index in [2.05, 4.69) is 32.5 Å². The fourth-order valence-electron chi connectivity index (χ4n) is 2.35. The predicted molar refractivity (Wildman–Crippen MR) is 82.9 cm³/mol. The van der Waals surface area contributed by atoms with Crippen LogP contribution in [0.2, 0.25) is 0 Å². The molecule has 0 heterocycles. The number of fused-ring (bicyclic) bond motifs is 1. The highest BCUT2D eigenvalue weighted by molar-refractivity contribution is 9.10. The quantitative estimate of drug-likeness (QED) is 0.842. The van der Waals surface area contributed by atoms with Crippen LogP contribution >= 0.6 is 15.9 Å². The van der Waals surface area contributed by atoms with E-state index in [0.717, 1.165) is 28.6 Å². The number of amides is 1. The summed E-state index contributed by atoms with van der Waals surface area (Å²) in [4.78, 5) is 12.1. The van der Waals surface area contributed by atoms with E-state index in [9.17, 15) is 4.79 Å². The molecule has 0 bridgehead atoms. The molecule has 0 radical (unpaired) electrons. The van der Waals surface area contributed by atoms with Crippen molar-refractivity contribution in [3.05, 3.63) is 69.7 Å². The number of nitrogens with zero attached hydrogens (tertiary/aromatic N) is 1. The van der Waals surface area contributed by atoms with Gasteiger partial charge in [-0.2, -0.15) is 5.10 Å². The van der Waals surface area contributed by atoms with Crippen molar-refractivity contribution in [1.82, 2.24) is 5.43 Å². The fraction of sp³-hybridized carbons (Fsp3) is 0.125. The molecule has 1 N–H and O–H groups in total. The molecule has 1 aliphatic carbocycles. The van der Waals surface area contributed by atoms with Gasteiger partial charge in [0.15, 0.2) is 0 Å². The Bertz CT molecular complexity index is 694. The van der Waals surface area contributed by atoms with Crippen LogP contribution in [0.5, 0.6) is 0 Å². The first-order chi connectivity index (χ1) is 9.75. The Balaban J connectivity index is 1.79. The number of hydrazone groups is 1. The number of hydrogen-bond acceptors (Lipinski definition) is 2. The van der Waals surface area contributed by atoms with Crippen molar-refractivity contribution in [2.45, 2.75) is 12.8 Å². The standard InChI is InChI=1S/C16H13BrN2O/c17-14-8-4-3-7-13(14)16(20)19-18-15-10-9-11-5-1-2-6-12(11)15/h1-8H,9-10H2,(H,19,20)/b18-15+. The van der Waals surface area contributed by atoms with Crippen LogP contribution in [0.3, 0.4) is 0 Å². The van der Waals surface area contributed by atoms with E-state index in [-0.39, 0.29) is 5.91 Å².